The summed E-state index contributed by atoms with van der Waals surface area (Å²) in [5.74, 6) is 2.18. The molecule has 3 unspecified atom stereocenters. The number of morpholine rings is 1. The number of rotatable bonds is 1. The molecule has 3 heteroatoms. The second-order valence-corrected chi connectivity index (χ2v) is 6.64. The smallest absolute Gasteiger partial charge is 0.0960 e. The molecule has 86 valence electrons. The van der Waals surface area contributed by atoms with Crippen molar-refractivity contribution in [3.05, 3.63) is 0 Å². The molecule has 0 aromatic rings. The summed E-state index contributed by atoms with van der Waals surface area (Å²) < 4.78 is 6.22. The van der Waals surface area contributed by atoms with Crippen LogP contribution in [0.5, 0.6) is 0 Å². The fourth-order valence-electron chi connectivity index (χ4n) is 3.39. The van der Waals surface area contributed by atoms with Crippen molar-refractivity contribution in [1.29, 1.82) is 0 Å². The van der Waals surface area contributed by atoms with Crippen LogP contribution >= 0.6 is 11.8 Å². The van der Waals surface area contributed by atoms with Gasteiger partial charge in [0.2, 0.25) is 0 Å². The lowest BCUT2D eigenvalue weighted by molar-refractivity contribution is -0.114. The van der Waals surface area contributed by atoms with Crippen molar-refractivity contribution >= 4 is 11.8 Å². The monoisotopic (exact) mass is 227 g/mol. The quantitative estimate of drug-likeness (QED) is 0.741. The van der Waals surface area contributed by atoms with Gasteiger partial charge in [-0.2, -0.15) is 11.8 Å². The molecular formula is C12H21NOS. The molecule has 0 aromatic heterocycles. The molecular weight excluding hydrogens is 206 g/mol. The number of thioether (sulfide) groups is 1. The van der Waals surface area contributed by atoms with Crippen molar-refractivity contribution in [2.45, 2.75) is 49.5 Å². The summed E-state index contributed by atoms with van der Waals surface area (Å²) in [6.07, 6.45) is 5.52. The molecule has 1 aliphatic carbocycles. The molecule has 1 spiro atoms. The minimum Gasteiger partial charge on any atom is -0.371 e. The van der Waals surface area contributed by atoms with Crippen molar-refractivity contribution in [1.82, 2.24) is 5.32 Å². The van der Waals surface area contributed by atoms with Crippen LogP contribution in [0.15, 0.2) is 0 Å². The number of ether oxygens (including phenoxy) is 1. The minimum absolute atomic E-state index is 0.175. The van der Waals surface area contributed by atoms with E-state index in [0.29, 0.717) is 11.3 Å². The molecule has 1 saturated carbocycles. The fraction of sp³-hybridized carbons (Fsp3) is 1.00. The van der Waals surface area contributed by atoms with Gasteiger partial charge in [-0.3, -0.25) is 0 Å². The van der Waals surface area contributed by atoms with Gasteiger partial charge >= 0.3 is 0 Å². The van der Waals surface area contributed by atoms with E-state index in [-0.39, 0.29) is 5.60 Å². The van der Waals surface area contributed by atoms with Crippen LogP contribution in [0, 0.1) is 5.92 Å². The van der Waals surface area contributed by atoms with Gasteiger partial charge in [-0.15, -0.1) is 0 Å². The Morgan fingerprint density at radius 2 is 2.27 bits per heavy atom. The fourth-order valence-corrected chi connectivity index (χ4v) is 4.80. The second-order valence-electron chi connectivity index (χ2n) is 5.19. The normalized spacial score (nSPS) is 47.0. The van der Waals surface area contributed by atoms with Gasteiger partial charge in [0.1, 0.15) is 0 Å². The average molecular weight is 227 g/mol. The first-order chi connectivity index (χ1) is 7.33. The first kappa shape index (κ1) is 10.4. The predicted octanol–water partition coefficient (Wildman–Crippen LogP) is 2.04. The summed E-state index contributed by atoms with van der Waals surface area (Å²) in [6, 6.07) is 0.644. The van der Waals surface area contributed by atoms with E-state index in [0.717, 1.165) is 19.1 Å². The zero-order valence-electron chi connectivity index (χ0n) is 9.50. The molecule has 15 heavy (non-hydrogen) atoms. The third-order valence-corrected chi connectivity index (χ3v) is 5.87. The molecule has 2 heterocycles. The first-order valence-corrected chi connectivity index (χ1v) is 7.37. The Labute approximate surface area is 96.5 Å². The molecule has 0 radical (unpaired) electrons. The van der Waals surface area contributed by atoms with Gasteiger partial charge in [0.05, 0.1) is 12.2 Å². The maximum absolute atomic E-state index is 6.22. The molecule has 0 aromatic carbocycles. The predicted molar refractivity (Wildman–Crippen MR) is 64.4 cm³/mol. The maximum Gasteiger partial charge on any atom is 0.0960 e. The summed E-state index contributed by atoms with van der Waals surface area (Å²) >= 11 is 2.09. The molecule has 3 rings (SSSR count). The van der Waals surface area contributed by atoms with E-state index in [1.165, 1.54) is 31.4 Å². The van der Waals surface area contributed by atoms with Gasteiger partial charge in [0, 0.05) is 17.8 Å². The lowest BCUT2D eigenvalue weighted by Crippen LogP contribution is -2.64. The second kappa shape index (κ2) is 3.94. The SMILES string of the molecule is CC1SCCC12OCCNC2C1CCC1. The average Bonchev–Trinajstić information content (AvgIpc) is 2.50. The largest absolute Gasteiger partial charge is 0.371 e. The summed E-state index contributed by atoms with van der Waals surface area (Å²) in [5.41, 5.74) is 0.175. The van der Waals surface area contributed by atoms with Gasteiger partial charge in [0.25, 0.3) is 0 Å². The van der Waals surface area contributed by atoms with Crippen LogP contribution in [-0.2, 0) is 4.74 Å². The van der Waals surface area contributed by atoms with E-state index in [4.69, 9.17) is 4.74 Å². The van der Waals surface area contributed by atoms with E-state index in [1.807, 2.05) is 0 Å². The summed E-state index contributed by atoms with van der Waals surface area (Å²) in [6.45, 7) is 4.32. The molecule has 1 N–H and O–H groups in total. The van der Waals surface area contributed by atoms with Gasteiger partial charge in [-0.1, -0.05) is 13.3 Å². The van der Waals surface area contributed by atoms with E-state index >= 15 is 0 Å². The summed E-state index contributed by atoms with van der Waals surface area (Å²) in [4.78, 5) is 0. The van der Waals surface area contributed by atoms with Crippen molar-refractivity contribution < 1.29 is 4.74 Å². The lowest BCUT2D eigenvalue weighted by atomic mass is 9.70. The standard InChI is InChI=1S/C12H21NOS/c1-9-12(5-8-15-9)11(10-3-2-4-10)13-6-7-14-12/h9-11,13H,2-8H2,1H3. The Bertz CT molecular complexity index is 244. The van der Waals surface area contributed by atoms with Gasteiger partial charge in [-0.25, -0.2) is 0 Å². The zero-order valence-corrected chi connectivity index (χ0v) is 10.3. The van der Waals surface area contributed by atoms with Crippen LogP contribution in [0.1, 0.15) is 32.6 Å². The zero-order chi connectivity index (χ0) is 10.3. The summed E-state index contributed by atoms with van der Waals surface area (Å²) in [5, 5.41) is 4.42. The lowest BCUT2D eigenvalue weighted by Gasteiger charge is -2.50. The third-order valence-electron chi connectivity index (χ3n) is 4.53. The first-order valence-electron chi connectivity index (χ1n) is 6.32. The van der Waals surface area contributed by atoms with E-state index in [2.05, 4.69) is 24.0 Å². The Morgan fingerprint density at radius 1 is 1.40 bits per heavy atom. The number of nitrogens with one attached hydrogen (secondary N) is 1. The molecule has 2 aliphatic heterocycles. The van der Waals surface area contributed by atoms with E-state index in [1.54, 1.807) is 0 Å². The highest BCUT2D eigenvalue weighted by molar-refractivity contribution is 8.00. The van der Waals surface area contributed by atoms with E-state index in [9.17, 15) is 0 Å². The van der Waals surface area contributed by atoms with Crippen LogP contribution in [0.3, 0.4) is 0 Å². The van der Waals surface area contributed by atoms with Crippen molar-refractivity contribution in [2.24, 2.45) is 5.92 Å². The number of hydrogen-bond acceptors (Lipinski definition) is 3. The van der Waals surface area contributed by atoms with Gasteiger partial charge in [0.15, 0.2) is 0 Å². The highest BCUT2D eigenvalue weighted by Gasteiger charge is 2.52. The van der Waals surface area contributed by atoms with Gasteiger partial charge in [-0.05, 0) is 30.9 Å². The summed E-state index contributed by atoms with van der Waals surface area (Å²) in [7, 11) is 0. The molecule has 2 nitrogen and oxygen atoms in total. The topological polar surface area (TPSA) is 21.3 Å². The molecule has 0 amide bonds. The molecule has 3 fully saturated rings. The van der Waals surface area contributed by atoms with Crippen molar-refractivity contribution in [2.75, 3.05) is 18.9 Å². The Morgan fingerprint density at radius 3 is 2.87 bits per heavy atom. The Hall–Kier alpha value is 0.270. The van der Waals surface area contributed by atoms with Crippen LogP contribution in [0.4, 0.5) is 0 Å². The number of hydrogen-bond donors (Lipinski definition) is 1. The highest BCUT2D eigenvalue weighted by Crippen LogP contribution is 2.47. The maximum atomic E-state index is 6.22. The molecule has 3 aliphatic rings. The van der Waals surface area contributed by atoms with Crippen molar-refractivity contribution in [3.8, 4) is 0 Å². The van der Waals surface area contributed by atoms with Crippen LogP contribution < -0.4 is 5.32 Å². The Balaban J connectivity index is 1.82. The van der Waals surface area contributed by atoms with Crippen LogP contribution in [0.25, 0.3) is 0 Å². The Kier molecular flexibility index (Phi) is 2.74. The van der Waals surface area contributed by atoms with Gasteiger partial charge < -0.3 is 10.1 Å². The van der Waals surface area contributed by atoms with Crippen molar-refractivity contribution in [3.63, 3.8) is 0 Å². The minimum atomic E-state index is 0.175. The third kappa shape index (κ3) is 1.55. The molecule has 0 bridgehead atoms. The highest BCUT2D eigenvalue weighted by atomic mass is 32.2. The molecule has 3 atom stereocenters. The molecule has 2 saturated heterocycles. The van der Waals surface area contributed by atoms with E-state index < -0.39 is 0 Å². The van der Waals surface area contributed by atoms with Crippen LogP contribution in [-0.4, -0.2) is 35.8 Å². The van der Waals surface area contributed by atoms with Crippen LogP contribution in [0.2, 0.25) is 0 Å².